The molecule has 0 aliphatic carbocycles. The number of fused-ring (bicyclic) bond motifs is 1. The molecular weight excluding hydrogens is 552 g/mol. The summed E-state index contributed by atoms with van der Waals surface area (Å²) < 4.78 is 1.28. The molecule has 4 aliphatic rings. The first-order valence-corrected chi connectivity index (χ1v) is 15.0. The summed E-state index contributed by atoms with van der Waals surface area (Å²) in [4.78, 5) is 57.5. The Bertz CT molecular complexity index is 1190. The Labute approximate surface area is 242 Å². The maximum atomic E-state index is 13.2. The lowest BCUT2D eigenvalue weighted by molar-refractivity contribution is -0.158. The van der Waals surface area contributed by atoms with E-state index in [1.54, 1.807) is 6.92 Å². The van der Waals surface area contributed by atoms with Gasteiger partial charge in [-0.1, -0.05) is 6.92 Å². The van der Waals surface area contributed by atoms with Crippen LogP contribution < -0.4 is 16.4 Å². The smallest absolute Gasteiger partial charge is 0.353 e. The number of piperazine rings is 1. The van der Waals surface area contributed by atoms with Gasteiger partial charge in [-0.3, -0.25) is 19.3 Å². The first kappa shape index (κ1) is 29.4. The fourth-order valence-electron chi connectivity index (χ4n) is 6.37. The van der Waals surface area contributed by atoms with Crippen molar-refractivity contribution < 1.29 is 24.3 Å². The van der Waals surface area contributed by atoms with Crippen molar-refractivity contribution in [3.05, 3.63) is 16.9 Å². The predicted molar refractivity (Wildman–Crippen MR) is 148 cm³/mol. The SMILES string of the molecule is C[C@H]1C(S[C@@H]2CN[C@H](C(=O)N3CCN(CCCN)CC3)C2)=C(C(=O)O)N2C(=O)[C@H]([C@@H](C)NC(=O)Cn3cnnn3)C12. The fourth-order valence-corrected chi connectivity index (χ4v) is 7.85. The van der Waals surface area contributed by atoms with Crippen LogP contribution in [0, 0.1) is 11.8 Å². The standard InChI is InChI=1S/C25H38N10O5S/c1-14-20-19(15(2)29-18(36)12-34-13-28-30-31-34)24(38)35(20)21(25(39)40)22(14)41-16-10-17(27-11-16)23(37)33-8-6-32(7-9-33)5-3-4-26/h13-17,19-20,27H,3-12,26H2,1-2H3,(H,29,36)(H,39,40)/t14-,15-,16+,17+,19-,20?/m1/s1. The number of tetrazole rings is 1. The molecule has 0 radical (unpaired) electrons. The Morgan fingerprint density at radius 1 is 1.27 bits per heavy atom. The summed E-state index contributed by atoms with van der Waals surface area (Å²) in [5.41, 5.74) is 5.63. The topological polar surface area (TPSA) is 192 Å². The number of β-lactam (4-membered cyclic amide) rings is 1. The van der Waals surface area contributed by atoms with E-state index >= 15 is 0 Å². The van der Waals surface area contributed by atoms with E-state index in [0.717, 1.165) is 26.1 Å². The van der Waals surface area contributed by atoms with Crippen molar-refractivity contribution in [2.45, 2.75) is 56.6 Å². The molecule has 3 fully saturated rings. The van der Waals surface area contributed by atoms with Crippen LogP contribution in [0.25, 0.3) is 0 Å². The van der Waals surface area contributed by atoms with Gasteiger partial charge in [0.1, 0.15) is 18.6 Å². The molecule has 41 heavy (non-hydrogen) atoms. The molecule has 1 aromatic heterocycles. The molecule has 1 aromatic rings. The summed E-state index contributed by atoms with van der Waals surface area (Å²) in [6.07, 6.45) is 2.86. The van der Waals surface area contributed by atoms with Crippen LogP contribution in [0.3, 0.4) is 0 Å². The third-order valence-corrected chi connectivity index (χ3v) is 9.97. The van der Waals surface area contributed by atoms with E-state index in [1.165, 1.54) is 27.7 Å². The lowest BCUT2D eigenvalue weighted by Crippen LogP contribution is -2.66. The van der Waals surface area contributed by atoms with Gasteiger partial charge in [0.15, 0.2) is 0 Å². The number of amides is 3. The third kappa shape index (κ3) is 5.96. The number of rotatable bonds is 11. The van der Waals surface area contributed by atoms with Crippen molar-refractivity contribution in [2.24, 2.45) is 17.6 Å². The molecule has 6 atom stereocenters. The molecule has 0 aromatic carbocycles. The van der Waals surface area contributed by atoms with E-state index in [-0.39, 0.29) is 53.2 Å². The van der Waals surface area contributed by atoms with Crippen LogP contribution in [0.2, 0.25) is 0 Å². The van der Waals surface area contributed by atoms with E-state index in [1.807, 2.05) is 11.8 Å². The number of nitrogens with one attached hydrogen (secondary N) is 2. The van der Waals surface area contributed by atoms with Crippen LogP contribution in [0.1, 0.15) is 26.7 Å². The number of carboxylic acid groups (broad SMARTS) is 1. The van der Waals surface area contributed by atoms with Crippen LogP contribution in [-0.4, -0.2) is 133 Å². The summed E-state index contributed by atoms with van der Waals surface area (Å²) >= 11 is 1.46. The predicted octanol–water partition coefficient (Wildman–Crippen LogP) is -2.09. The van der Waals surface area contributed by atoms with E-state index in [2.05, 4.69) is 31.1 Å². The lowest BCUT2D eigenvalue weighted by Gasteiger charge is -2.47. The number of thioether (sulfide) groups is 1. The molecule has 5 rings (SSSR count). The minimum atomic E-state index is -1.14. The van der Waals surface area contributed by atoms with Crippen LogP contribution in [0.5, 0.6) is 0 Å². The lowest BCUT2D eigenvalue weighted by atomic mass is 9.78. The molecule has 1 unspecified atom stereocenters. The molecule has 0 bridgehead atoms. The van der Waals surface area contributed by atoms with E-state index in [0.29, 0.717) is 37.5 Å². The summed E-state index contributed by atoms with van der Waals surface area (Å²) in [5.74, 6) is -2.47. The van der Waals surface area contributed by atoms with Crippen molar-refractivity contribution in [3.8, 4) is 0 Å². The number of aromatic nitrogens is 4. The van der Waals surface area contributed by atoms with Crippen molar-refractivity contribution in [1.29, 1.82) is 0 Å². The summed E-state index contributed by atoms with van der Waals surface area (Å²) in [7, 11) is 0. The largest absolute Gasteiger partial charge is 0.477 e. The van der Waals surface area contributed by atoms with Crippen molar-refractivity contribution in [1.82, 2.24) is 45.5 Å². The van der Waals surface area contributed by atoms with Gasteiger partial charge in [-0.15, -0.1) is 16.9 Å². The zero-order valence-electron chi connectivity index (χ0n) is 23.3. The minimum Gasteiger partial charge on any atom is -0.477 e. The van der Waals surface area contributed by atoms with Gasteiger partial charge in [0.2, 0.25) is 17.7 Å². The number of nitrogens with two attached hydrogens (primary N) is 1. The number of aliphatic carboxylic acids is 1. The monoisotopic (exact) mass is 590 g/mol. The number of carboxylic acids is 1. The molecule has 15 nitrogen and oxygen atoms in total. The number of hydrogen-bond acceptors (Lipinski definition) is 11. The zero-order valence-corrected chi connectivity index (χ0v) is 24.1. The average molecular weight is 591 g/mol. The number of carbonyl (C=O) groups excluding carboxylic acids is 3. The highest BCUT2D eigenvalue weighted by atomic mass is 32.2. The van der Waals surface area contributed by atoms with Gasteiger partial charge in [0, 0.05) is 54.8 Å². The second-order valence-corrected chi connectivity index (χ2v) is 12.5. The van der Waals surface area contributed by atoms with Gasteiger partial charge >= 0.3 is 5.97 Å². The number of carbonyl (C=O) groups is 4. The Morgan fingerprint density at radius 2 is 2.02 bits per heavy atom. The van der Waals surface area contributed by atoms with Gasteiger partial charge in [0.05, 0.1) is 18.0 Å². The molecule has 3 amide bonds. The Balaban J connectivity index is 1.18. The highest BCUT2D eigenvalue weighted by Crippen LogP contribution is 2.51. The fraction of sp³-hybridized carbons (Fsp3) is 0.720. The second kappa shape index (κ2) is 12.4. The van der Waals surface area contributed by atoms with E-state index < -0.39 is 17.9 Å². The van der Waals surface area contributed by atoms with Gasteiger partial charge in [-0.2, -0.15) is 0 Å². The van der Waals surface area contributed by atoms with Crippen molar-refractivity contribution >= 4 is 35.5 Å². The van der Waals surface area contributed by atoms with Gasteiger partial charge < -0.3 is 31.3 Å². The molecule has 16 heteroatoms. The van der Waals surface area contributed by atoms with Gasteiger partial charge in [-0.05, 0) is 43.3 Å². The molecule has 3 saturated heterocycles. The van der Waals surface area contributed by atoms with Crippen LogP contribution in [-0.2, 0) is 25.7 Å². The Kier molecular flexibility index (Phi) is 8.91. The minimum absolute atomic E-state index is 0.00209. The third-order valence-electron chi connectivity index (χ3n) is 8.46. The Morgan fingerprint density at radius 3 is 2.68 bits per heavy atom. The summed E-state index contributed by atoms with van der Waals surface area (Å²) in [6.45, 7) is 8.85. The molecule has 4 aliphatic heterocycles. The van der Waals surface area contributed by atoms with E-state index in [9.17, 15) is 24.3 Å². The molecule has 5 heterocycles. The molecule has 5 N–H and O–H groups in total. The quantitative estimate of drug-likeness (QED) is 0.206. The maximum absolute atomic E-state index is 13.2. The van der Waals surface area contributed by atoms with Crippen LogP contribution >= 0.6 is 11.8 Å². The number of hydrogen-bond donors (Lipinski definition) is 4. The zero-order chi connectivity index (χ0) is 29.3. The summed E-state index contributed by atoms with van der Waals surface area (Å²) in [6, 6.07) is -1.17. The van der Waals surface area contributed by atoms with Crippen molar-refractivity contribution in [2.75, 3.05) is 45.8 Å². The molecule has 0 saturated carbocycles. The second-order valence-electron chi connectivity index (χ2n) is 11.1. The average Bonchev–Trinajstić information content (AvgIpc) is 3.68. The van der Waals surface area contributed by atoms with Gasteiger partial charge in [-0.25, -0.2) is 9.48 Å². The first-order valence-electron chi connectivity index (χ1n) is 14.1. The number of nitrogens with zero attached hydrogens (tertiary/aromatic N) is 7. The first-order chi connectivity index (χ1) is 19.7. The maximum Gasteiger partial charge on any atom is 0.353 e. The van der Waals surface area contributed by atoms with Gasteiger partial charge in [0.25, 0.3) is 0 Å². The molecular formula is C25H38N10O5S. The summed E-state index contributed by atoms with van der Waals surface area (Å²) in [5, 5.41) is 26.9. The molecule has 0 spiro atoms. The Hall–Kier alpha value is -3.08. The van der Waals surface area contributed by atoms with Crippen LogP contribution in [0.15, 0.2) is 16.9 Å². The molecule has 224 valence electrons. The normalized spacial score (nSPS) is 29.0. The van der Waals surface area contributed by atoms with E-state index in [4.69, 9.17) is 5.73 Å². The van der Waals surface area contributed by atoms with Crippen LogP contribution in [0.4, 0.5) is 0 Å². The highest BCUT2D eigenvalue weighted by molar-refractivity contribution is 8.03. The van der Waals surface area contributed by atoms with Crippen molar-refractivity contribution in [3.63, 3.8) is 0 Å². The highest BCUT2D eigenvalue weighted by Gasteiger charge is 2.60.